The van der Waals surface area contributed by atoms with Crippen molar-refractivity contribution in [3.05, 3.63) is 0 Å². The lowest BCUT2D eigenvalue weighted by Gasteiger charge is -2.24. The Labute approximate surface area is 100 Å². The highest BCUT2D eigenvalue weighted by molar-refractivity contribution is 7.80. The predicted molar refractivity (Wildman–Crippen MR) is 56.1 cm³/mol. The molecule has 1 atom stereocenters. The van der Waals surface area contributed by atoms with E-state index < -0.39 is 23.7 Å². The molecule has 0 aromatic rings. The summed E-state index contributed by atoms with van der Waals surface area (Å²) in [7, 11) is 0. The molecular weight excluding hydrogens is 259 g/mol. The molecule has 1 rings (SSSR count). The SMILES string of the molecule is CC1(C(F)(F)F)NC(=O)N(CCC(N)=S)C1=O. The monoisotopic (exact) mass is 269 g/mol. The van der Waals surface area contributed by atoms with Crippen molar-refractivity contribution in [2.24, 2.45) is 5.73 Å². The summed E-state index contributed by atoms with van der Waals surface area (Å²) in [6, 6.07) is -1.09. The van der Waals surface area contributed by atoms with Gasteiger partial charge in [0.1, 0.15) is 0 Å². The summed E-state index contributed by atoms with van der Waals surface area (Å²) in [4.78, 5) is 23.3. The average molecular weight is 269 g/mol. The number of carbonyl (C=O) groups is 2. The van der Waals surface area contributed by atoms with E-state index in [1.54, 1.807) is 5.32 Å². The molecule has 3 amide bonds. The molecule has 1 aliphatic rings. The van der Waals surface area contributed by atoms with E-state index in [1.165, 1.54) is 0 Å². The molecule has 0 bridgehead atoms. The summed E-state index contributed by atoms with van der Waals surface area (Å²) in [6.45, 7) is 0.361. The Morgan fingerprint density at radius 3 is 2.41 bits per heavy atom. The van der Waals surface area contributed by atoms with Crippen LogP contribution in [0.3, 0.4) is 0 Å². The number of carbonyl (C=O) groups excluding carboxylic acids is 2. The van der Waals surface area contributed by atoms with E-state index in [-0.39, 0.29) is 18.0 Å². The third kappa shape index (κ3) is 2.33. The van der Waals surface area contributed by atoms with E-state index in [0.29, 0.717) is 11.8 Å². The maximum Gasteiger partial charge on any atom is 0.420 e. The van der Waals surface area contributed by atoms with Crippen LogP contribution < -0.4 is 11.1 Å². The molecule has 0 saturated carbocycles. The van der Waals surface area contributed by atoms with Gasteiger partial charge in [0.2, 0.25) is 5.54 Å². The molecule has 3 N–H and O–H groups in total. The van der Waals surface area contributed by atoms with Gasteiger partial charge in [-0.3, -0.25) is 9.69 Å². The fraction of sp³-hybridized carbons (Fsp3) is 0.625. The minimum atomic E-state index is -4.85. The number of hydrogen-bond donors (Lipinski definition) is 2. The molecule has 1 fully saturated rings. The average Bonchev–Trinajstić information content (AvgIpc) is 2.35. The Balaban J connectivity index is 2.89. The lowest BCUT2D eigenvalue weighted by molar-refractivity contribution is -0.191. The first-order valence-corrected chi connectivity index (χ1v) is 4.99. The number of rotatable bonds is 3. The van der Waals surface area contributed by atoms with E-state index in [4.69, 9.17) is 5.73 Å². The van der Waals surface area contributed by atoms with Gasteiger partial charge in [-0.15, -0.1) is 0 Å². The molecule has 0 spiro atoms. The van der Waals surface area contributed by atoms with E-state index in [2.05, 4.69) is 12.2 Å². The number of nitrogens with zero attached hydrogens (tertiary/aromatic N) is 1. The van der Waals surface area contributed by atoms with Crippen LogP contribution >= 0.6 is 12.2 Å². The Hall–Kier alpha value is -1.38. The Bertz CT molecular complexity index is 385. The Morgan fingerprint density at radius 2 is 2.06 bits per heavy atom. The fourth-order valence-electron chi connectivity index (χ4n) is 1.31. The van der Waals surface area contributed by atoms with Crippen molar-refractivity contribution in [3.8, 4) is 0 Å². The first-order chi connectivity index (χ1) is 7.59. The van der Waals surface area contributed by atoms with Crippen LogP contribution in [0.4, 0.5) is 18.0 Å². The molecule has 1 heterocycles. The first-order valence-electron chi connectivity index (χ1n) is 4.58. The maximum absolute atomic E-state index is 12.6. The van der Waals surface area contributed by atoms with Crippen LogP contribution in [0.25, 0.3) is 0 Å². The van der Waals surface area contributed by atoms with Gasteiger partial charge in [0, 0.05) is 13.0 Å². The minimum absolute atomic E-state index is 0.0115. The zero-order valence-corrected chi connectivity index (χ0v) is 9.61. The van der Waals surface area contributed by atoms with Gasteiger partial charge in [-0.2, -0.15) is 13.2 Å². The quantitative estimate of drug-likeness (QED) is 0.579. The van der Waals surface area contributed by atoms with Gasteiger partial charge in [-0.05, 0) is 6.92 Å². The van der Waals surface area contributed by atoms with Gasteiger partial charge in [0.05, 0.1) is 4.99 Å². The zero-order chi connectivity index (χ0) is 13.4. The lowest BCUT2D eigenvalue weighted by Crippen LogP contribution is -2.56. The Morgan fingerprint density at radius 1 is 1.53 bits per heavy atom. The highest BCUT2D eigenvalue weighted by atomic mass is 32.1. The van der Waals surface area contributed by atoms with Crippen LogP contribution in [-0.4, -0.2) is 40.1 Å². The van der Waals surface area contributed by atoms with Crippen LogP contribution in [-0.2, 0) is 4.79 Å². The van der Waals surface area contributed by atoms with Crippen LogP contribution in [0, 0.1) is 0 Å². The second kappa shape index (κ2) is 4.13. The third-order valence-electron chi connectivity index (χ3n) is 2.42. The molecule has 96 valence electrons. The zero-order valence-electron chi connectivity index (χ0n) is 8.80. The number of nitrogens with two attached hydrogens (primary N) is 1. The summed E-state index contributed by atoms with van der Waals surface area (Å²) in [6.07, 6.45) is -4.86. The van der Waals surface area contributed by atoms with Gasteiger partial charge >= 0.3 is 12.2 Å². The standard InChI is InChI=1S/C8H10F3N3O2S/c1-7(8(9,10)11)5(15)14(6(16)13-7)3-2-4(12)17/h2-3H2,1H3,(H2,12,17)(H,13,16). The number of imide groups is 1. The predicted octanol–water partition coefficient (Wildman–Crippen LogP) is 0.535. The summed E-state index contributed by atoms with van der Waals surface area (Å²) in [5.74, 6) is -1.34. The van der Waals surface area contributed by atoms with E-state index >= 15 is 0 Å². The van der Waals surface area contributed by atoms with Crippen LogP contribution in [0.2, 0.25) is 0 Å². The molecule has 9 heteroatoms. The highest BCUT2D eigenvalue weighted by Gasteiger charge is 2.64. The summed E-state index contributed by atoms with van der Waals surface area (Å²) < 4.78 is 37.9. The number of thiocarbonyl (C=S) groups is 1. The minimum Gasteiger partial charge on any atom is -0.393 e. The summed E-state index contributed by atoms with van der Waals surface area (Å²) >= 11 is 4.52. The van der Waals surface area contributed by atoms with Gasteiger partial charge in [-0.1, -0.05) is 12.2 Å². The van der Waals surface area contributed by atoms with E-state index in [1.807, 2.05) is 0 Å². The smallest absolute Gasteiger partial charge is 0.393 e. The lowest BCUT2D eigenvalue weighted by atomic mass is 10.0. The summed E-state index contributed by atoms with van der Waals surface area (Å²) in [5.41, 5.74) is 2.28. The molecule has 0 aromatic carbocycles. The second-order valence-electron chi connectivity index (χ2n) is 3.73. The van der Waals surface area contributed by atoms with Crippen LogP contribution in [0.1, 0.15) is 13.3 Å². The molecule has 17 heavy (non-hydrogen) atoms. The molecular formula is C8H10F3N3O2S. The second-order valence-corrected chi connectivity index (χ2v) is 4.25. The number of halogens is 3. The molecule has 1 aliphatic heterocycles. The number of amides is 3. The van der Waals surface area contributed by atoms with Gasteiger partial charge in [0.25, 0.3) is 5.91 Å². The highest BCUT2D eigenvalue weighted by Crippen LogP contribution is 2.35. The van der Waals surface area contributed by atoms with Crippen molar-refractivity contribution >= 4 is 29.1 Å². The van der Waals surface area contributed by atoms with Crippen molar-refractivity contribution in [1.82, 2.24) is 10.2 Å². The van der Waals surface area contributed by atoms with Crippen molar-refractivity contribution in [1.29, 1.82) is 0 Å². The fourth-order valence-corrected chi connectivity index (χ4v) is 1.41. The van der Waals surface area contributed by atoms with Gasteiger partial charge in [0.15, 0.2) is 0 Å². The normalized spacial score (nSPS) is 25.1. The van der Waals surface area contributed by atoms with Crippen molar-refractivity contribution in [2.45, 2.75) is 25.1 Å². The van der Waals surface area contributed by atoms with Gasteiger partial charge in [-0.25, -0.2) is 4.79 Å². The molecule has 0 radical (unpaired) electrons. The first kappa shape index (κ1) is 13.7. The Kier molecular flexibility index (Phi) is 3.33. The van der Waals surface area contributed by atoms with Crippen molar-refractivity contribution in [3.63, 3.8) is 0 Å². The largest absolute Gasteiger partial charge is 0.420 e. The molecule has 0 aromatic heterocycles. The van der Waals surface area contributed by atoms with Gasteiger partial charge < -0.3 is 11.1 Å². The van der Waals surface area contributed by atoms with E-state index in [0.717, 1.165) is 0 Å². The number of hydrogen-bond acceptors (Lipinski definition) is 3. The topological polar surface area (TPSA) is 75.4 Å². The molecule has 0 aliphatic carbocycles. The van der Waals surface area contributed by atoms with Crippen LogP contribution in [0.15, 0.2) is 0 Å². The molecule has 1 saturated heterocycles. The van der Waals surface area contributed by atoms with Crippen molar-refractivity contribution < 1.29 is 22.8 Å². The third-order valence-corrected chi connectivity index (χ3v) is 2.63. The number of alkyl halides is 3. The molecule has 5 nitrogen and oxygen atoms in total. The molecule has 1 unspecified atom stereocenters. The van der Waals surface area contributed by atoms with Crippen LogP contribution in [0.5, 0.6) is 0 Å². The van der Waals surface area contributed by atoms with Crippen molar-refractivity contribution in [2.75, 3.05) is 6.54 Å². The van der Waals surface area contributed by atoms with E-state index in [9.17, 15) is 22.8 Å². The number of nitrogens with one attached hydrogen (secondary N) is 1. The summed E-state index contributed by atoms with van der Waals surface area (Å²) in [5, 5.41) is 1.62. The maximum atomic E-state index is 12.6. The number of urea groups is 1.